The van der Waals surface area contributed by atoms with Crippen molar-refractivity contribution in [1.82, 2.24) is 15.4 Å². The lowest BCUT2D eigenvalue weighted by atomic mass is 9.90. The van der Waals surface area contributed by atoms with Crippen molar-refractivity contribution in [2.24, 2.45) is 5.92 Å². The molecule has 1 saturated heterocycles. The van der Waals surface area contributed by atoms with Gasteiger partial charge in [-0.05, 0) is 56.0 Å². The molecule has 6 heteroatoms. The van der Waals surface area contributed by atoms with Crippen molar-refractivity contribution in [3.63, 3.8) is 0 Å². The third-order valence-corrected chi connectivity index (χ3v) is 4.39. The minimum Gasteiger partial charge on any atom is -0.360 e. The van der Waals surface area contributed by atoms with E-state index in [1.807, 2.05) is 18.2 Å². The van der Waals surface area contributed by atoms with Crippen molar-refractivity contribution in [2.45, 2.75) is 25.8 Å². The Morgan fingerprint density at radius 1 is 1.33 bits per heavy atom. The van der Waals surface area contributed by atoms with Crippen LogP contribution in [0.15, 0.2) is 41.1 Å². The van der Waals surface area contributed by atoms with Crippen LogP contribution in [0.1, 0.15) is 34.5 Å². The molecule has 0 radical (unpaired) electrons. The van der Waals surface area contributed by atoms with Crippen LogP contribution in [0.3, 0.4) is 0 Å². The molecule has 0 spiro atoms. The highest BCUT2D eigenvalue weighted by atomic mass is 35.5. The summed E-state index contributed by atoms with van der Waals surface area (Å²) < 4.78 is 5.06. The van der Waals surface area contributed by atoms with Gasteiger partial charge in [0.15, 0.2) is 5.76 Å². The Labute approximate surface area is 148 Å². The second-order valence-corrected chi connectivity index (χ2v) is 6.24. The zero-order valence-electron chi connectivity index (χ0n) is 13.9. The maximum Gasteiger partial charge on any atom is 0.254 e. The van der Waals surface area contributed by atoms with Gasteiger partial charge in [-0.1, -0.05) is 17.3 Å². The van der Waals surface area contributed by atoms with Gasteiger partial charge in [0.25, 0.3) is 5.91 Å². The summed E-state index contributed by atoms with van der Waals surface area (Å²) in [5.41, 5.74) is 1.98. The molecule has 0 atom stereocenters. The third kappa shape index (κ3) is 4.82. The lowest BCUT2D eigenvalue weighted by Gasteiger charge is -2.23. The Hall–Kier alpha value is -1.85. The second-order valence-electron chi connectivity index (χ2n) is 6.24. The zero-order chi connectivity index (χ0) is 16.1. The summed E-state index contributed by atoms with van der Waals surface area (Å²) in [6, 6.07) is 9.78. The molecule has 24 heavy (non-hydrogen) atoms. The van der Waals surface area contributed by atoms with E-state index in [4.69, 9.17) is 4.52 Å². The summed E-state index contributed by atoms with van der Waals surface area (Å²) in [5.74, 6) is 1.41. The number of rotatable bonds is 5. The molecule has 0 saturated carbocycles. The standard InChI is InChI=1S/C18H23N3O2.ClH/c1-21(13-17-7-10-20-23-17)18(22)16-4-2-3-15(12-16)11-14-5-8-19-9-6-14;/h2-4,7,10,12,14,19H,5-6,8-9,11,13H2,1H3;1H. The fourth-order valence-electron chi connectivity index (χ4n) is 3.10. The zero-order valence-corrected chi connectivity index (χ0v) is 14.7. The first-order valence-electron chi connectivity index (χ1n) is 8.17. The maximum atomic E-state index is 12.6. The topological polar surface area (TPSA) is 58.4 Å². The molecule has 2 heterocycles. The van der Waals surface area contributed by atoms with Gasteiger partial charge < -0.3 is 14.7 Å². The van der Waals surface area contributed by atoms with E-state index in [0.717, 1.165) is 25.1 Å². The van der Waals surface area contributed by atoms with Crippen molar-refractivity contribution in [3.05, 3.63) is 53.4 Å². The average molecular weight is 350 g/mol. The van der Waals surface area contributed by atoms with E-state index in [9.17, 15) is 4.79 Å². The second kappa shape index (κ2) is 8.85. The predicted molar refractivity (Wildman–Crippen MR) is 95.3 cm³/mol. The van der Waals surface area contributed by atoms with Gasteiger partial charge in [0, 0.05) is 18.7 Å². The molecule has 0 bridgehead atoms. The number of hydrogen-bond donors (Lipinski definition) is 1. The van der Waals surface area contributed by atoms with Crippen LogP contribution in [0.4, 0.5) is 0 Å². The van der Waals surface area contributed by atoms with E-state index in [2.05, 4.69) is 16.5 Å². The first-order valence-corrected chi connectivity index (χ1v) is 8.17. The van der Waals surface area contributed by atoms with Gasteiger partial charge in [-0.3, -0.25) is 4.79 Å². The molecule has 1 N–H and O–H groups in total. The number of carbonyl (C=O) groups excluding carboxylic acids is 1. The smallest absolute Gasteiger partial charge is 0.254 e. The lowest BCUT2D eigenvalue weighted by Crippen LogP contribution is -2.29. The van der Waals surface area contributed by atoms with Crippen LogP contribution < -0.4 is 5.32 Å². The lowest BCUT2D eigenvalue weighted by molar-refractivity contribution is 0.0772. The van der Waals surface area contributed by atoms with Gasteiger partial charge in [0.1, 0.15) is 0 Å². The number of carbonyl (C=O) groups is 1. The van der Waals surface area contributed by atoms with E-state index in [-0.39, 0.29) is 18.3 Å². The van der Waals surface area contributed by atoms with Gasteiger partial charge in [-0.15, -0.1) is 12.4 Å². The molecule has 1 aromatic heterocycles. The summed E-state index contributed by atoms with van der Waals surface area (Å²) in [6.45, 7) is 2.63. The molecule has 0 aliphatic carbocycles. The highest BCUT2D eigenvalue weighted by Crippen LogP contribution is 2.19. The van der Waals surface area contributed by atoms with Crippen molar-refractivity contribution in [2.75, 3.05) is 20.1 Å². The highest BCUT2D eigenvalue weighted by molar-refractivity contribution is 5.94. The van der Waals surface area contributed by atoms with Gasteiger partial charge in [0.2, 0.25) is 0 Å². The first-order chi connectivity index (χ1) is 11.2. The van der Waals surface area contributed by atoms with Crippen LogP contribution in [0.2, 0.25) is 0 Å². The molecule has 1 aliphatic rings. The molecule has 1 fully saturated rings. The Morgan fingerprint density at radius 2 is 2.12 bits per heavy atom. The monoisotopic (exact) mass is 349 g/mol. The summed E-state index contributed by atoms with van der Waals surface area (Å²) in [4.78, 5) is 14.2. The van der Waals surface area contributed by atoms with Crippen LogP contribution in [0.5, 0.6) is 0 Å². The largest absolute Gasteiger partial charge is 0.360 e. The predicted octanol–water partition coefficient (Wildman–Crippen LogP) is 2.91. The van der Waals surface area contributed by atoms with Crippen molar-refractivity contribution < 1.29 is 9.32 Å². The normalized spacial score (nSPS) is 14.9. The summed E-state index contributed by atoms with van der Waals surface area (Å²) >= 11 is 0. The molecule has 1 aromatic carbocycles. The van der Waals surface area contributed by atoms with Crippen molar-refractivity contribution in [1.29, 1.82) is 0 Å². The average Bonchev–Trinajstić information content (AvgIpc) is 3.08. The number of hydrogen-bond acceptors (Lipinski definition) is 4. The fraction of sp³-hybridized carbons (Fsp3) is 0.444. The molecular weight excluding hydrogens is 326 g/mol. The van der Waals surface area contributed by atoms with Crippen molar-refractivity contribution in [3.8, 4) is 0 Å². The van der Waals surface area contributed by atoms with Gasteiger partial charge in [0.05, 0.1) is 12.7 Å². The molecule has 1 amide bonds. The first kappa shape index (κ1) is 18.5. The van der Waals surface area contributed by atoms with Crippen LogP contribution in [0, 0.1) is 5.92 Å². The number of nitrogens with one attached hydrogen (secondary N) is 1. The Balaban J connectivity index is 0.00000208. The molecule has 0 unspecified atom stereocenters. The number of nitrogens with zero attached hydrogens (tertiary/aromatic N) is 2. The molecular formula is C18H24ClN3O2. The Bertz CT molecular complexity index is 639. The number of halogens is 1. The Kier molecular flexibility index (Phi) is 6.82. The van der Waals surface area contributed by atoms with E-state index in [0.29, 0.717) is 18.2 Å². The molecule has 5 nitrogen and oxygen atoms in total. The third-order valence-electron chi connectivity index (χ3n) is 4.39. The van der Waals surface area contributed by atoms with Crippen LogP contribution >= 0.6 is 12.4 Å². The number of piperidine rings is 1. The maximum absolute atomic E-state index is 12.6. The molecule has 130 valence electrons. The van der Waals surface area contributed by atoms with E-state index >= 15 is 0 Å². The summed E-state index contributed by atoms with van der Waals surface area (Å²) in [5, 5.41) is 7.06. The van der Waals surface area contributed by atoms with E-state index in [1.165, 1.54) is 18.4 Å². The number of benzene rings is 1. The molecule has 1 aliphatic heterocycles. The van der Waals surface area contributed by atoms with E-state index in [1.54, 1.807) is 24.2 Å². The summed E-state index contributed by atoms with van der Waals surface area (Å²) in [7, 11) is 1.78. The summed E-state index contributed by atoms with van der Waals surface area (Å²) in [6.07, 6.45) is 5.06. The van der Waals surface area contributed by atoms with Gasteiger partial charge in [-0.2, -0.15) is 0 Å². The van der Waals surface area contributed by atoms with Crippen LogP contribution in [0.25, 0.3) is 0 Å². The highest BCUT2D eigenvalue weighted by Gasteiger charge is 2.16. The van der Waals surface area contributed by atoms with Crippen LogP contribution in [-0.4, -0.2) is 36.1 Å². The van der Waals surface area contributed by atoms with Crippen molar-refractivity contribution >= 4 is 18.3 Å². The van der Waals surface area contributed by atoms with Gasteiger partial charge in [-0.25, -0.2) is 0 Å². The van der Waals surface area contributed by atoms with Gasteiger partial charge >= 0.3 is 0 Å². The van der Waals surface area contributed by atoms with Crippen LogP contribution in [-0.2, 0) is 13.0 Å². The minimum absolute atomic E-state index is 0. The molecule has 3 rings (SSSR count). The minimum atomic E-state index is 0. The number of amides is 1. The fourth-order valence-corrected chi connectivity index (χ4v) is 3.10. The number of aromatic nitrogens is 1. The molecule has 2 aromatic rings. The quantitative estimate of drug-likeness (QED) is 0.901. The Morgan fingerprint density at radius 3 is 2.83 bits per heavy atom. The SMILES string of the molecule is CN(Cc1ccno1)C(=O)c1cccc(CC2CCNCC2)c1.Cl. The van der Waals surface area contributed by atoms with E-state index < -0.39 is 0 Å².